The number of hydrogen-bond donors (Lipinski definition) is 1. The number of thiocarbonyl (C=S) groups is 1. The van der Waals surface area contributed by atoms with E-state index in [0.29, 0.717) is 5.11 Å². The van der Waals surface area contributed by atoms with Gasteiger partial charge in [-0.05, 0) is 36.8 Å². The summed E-state index contributed by atoms with van der Waals surface area (Å²) in [6.07, 6.45) is 0. The van der Waals surface area contributed by atoms with Gasteiger partial charge >= 0.3 is 0 Å². The topological polar surface area (TPSA) is 42.7 Å². The maximum Gasteiger partial charge on any atom is 0.196 e. The van der Waals surface area contributed by atoms with E-state index in [1.165, 1.54) is 5.56 Å². The number of rotatable bonds is 2. The second-order valence-electron chi connectivity index (χ2n) is 4.57. The lowest BCUT2D eigenvalue weighted by molar-refractivity contribution is 0.693. The van der Waals surface area contributed by atoms with Crippen molar-refractivity contribution in [1.82, 2.24) is 20.3 Å². The molecule has 4 nitrogen and oxygen atoms in total. The third-order valence-corrected chi connectivity index (χ3v) is 3.47. The van der Waals surface area contributed by atoms with Gasteiger partial charge in [-0.25, -0.2) is 0 Å². The standard InChI is InChI=1S/C15H14N4S/c1-11(12-7-3-2-4-8-12)16-15(20)19-14-10-6-5-9-13(14)17-18-19/h2-11H,1H3,(H,16,20). The molecule has 100 valence electrons. The molecule has 3 rings (SSSR count). The SMILES string of the molecule is CC(NC(=S)n1nnc2ccccc21)c1ccccc1. The summed E-state index contributed by atoms with van der Waals surface area (Å²) in [4.78, 5) is 0. The molecular formula is C15H14N4S. The predicted molar refractivity (Wildman–Crippen MR) is 83.5 cm³/mol. The molecule has 20 heavy (non-hydrogen) atoms. The Bertz CT molecular complexity index is 736. The molecule has 0 fully saturated rings. The van der Waals surface area contributed by atoms with Gasteiger partial charge in [0, 0.05) is 0 Å². The van der Waals surface area contributed by atoms with Crippen molar-refractivity contribution in [3.05, 3.63) is 60.2 Å². The molecule has 1 unspecified atom stereocenters. The highest BCUT2D eigenvalue weighted by molar-refractivity contribution is 7.80. The molecule has 0 saturated heterocycles. The Balaban J connectivity index is 1.83. The molecule has 0 spiro atoms. The van der Waals surface area contributed by atoms with Crippen molar-refractivity contribution < 1.29 is 0 Å². The zero-order valence-corrected chi connectivity index (χ0v) is 11.8. The van der Waals surface area contributed by atoms with Crippen LogP contribution in [0.5, 0.6) is 0 Å². The van der Waals surface area contributed by atoms with Gasteiger partial charge in [0.05, 0.1) is 11.6 Å². The zero-order valence-electron chi connectivity index (χ0n) is 11.0. The first-order valence-electron chi connectivity index (χ1n) is 6.42. The minimum Gasteiger partial charge on any atom is -0.354 e. The van der Waals surface area contributed by atoms with Gasteiger partial charge in [-0.1, -0.05) is 47.7 Å². The summed E-state index contributed by atoms with van der Waals surface area (Å²) in [5.74, 6) is 0. The summed E-state index contributed by atoms with van der Waals surface area (Å²) < 4.78 is 1.66. The number of nitrogens with one attached hydrogen (secondary N) is 1. The van der Waals surface area contributed by atoms with Crippen molar-refractivity contribution in [2.45, 2.75) is 13.0 Å². The van der Waals surface area contributed by atoms with Crippen LogP contribution in [0.25, 0.3) is 11.0 Å². The van der Waals surface area contributed by atoms with E-state index in [-0.39, 0.29) is 6.04 Å². The molecular weight excluding hydrogens is 268 g/mol. The van der Waals surface area contributed by atoms with Crippen LogP contribution >= 0.6 is 12.2 Å². The predicted octanol–water partition coefficient (Wildman–Crippen LogP) is 2.92. The number of nitrogens with zero attached hydrogens (tertiary/aromatic N) is 3. The molecule has 1 N–H and O–H groups in total. The zero-order chi connectivity index (χ0) is 13.9. The molecule has 3 aromatic rings. The van der Waals surface area contributed by atoms with Gasteiger partial charge in [0.1, 0.15) is 5.52 Å². The van der Waals surface area contributed by atoms with Gasteiger partial charge in [0.15, 0.2) is 5.11 Å². The Morgan fingerprint density at radius 1 is 1.10 bits per heavy atom. The molecule has 5 heteroatoms. The summed E-state index contributed by atoms with van der Waals surface area (Å²) in [6, 6.07) is 18.0. The molecule has 0 saturated carbocycles. The van der Waals surface area contributed by atoms with Gasteiger partial charge in [-0.3, -0.25) is 0 Å². The molecule has 0 radical (unpaired) electrons. The van der Waals surface area contributed by atoms with Gasteiger partial charge in [0.2, 0.25) is 0 Å². The maximum absolute atomic E-state index is 5.43. The fourth-order valence-electron chi connectivity index (χ4n) is 2.09. The fourth-order valence-corrected chi connectivity index (χ4v) is 2.40. The number of aromatic nitrogens is 3. The van der Waals surface area contributed by atoms with Gasteiger partial charge < -0.3 is 5.32 Å². The van der Waals surface area contributed by atoms with Gasteiger partial charge in [-0.2, -0.15) is 4.68 Å². The minimum absolute atomic E-state index is 0.117. The Kier molecular flexibility index (Phi) is 3.43. The Morgan fingerprint density at radius 2 is 1.80 bits per heavy atom. The van der Waals surface area contributed by atoms with Crippen molar-refractivity contribution in [2.75, 3.05) is 0 Å². The summed E-state index contributed by atoms with van der Waals surface area (Å²) in [7, 11) is 0. The first kappa shape index (κ1) is 12.7. The molecule has 0 aliphatic rings. The van der Waals surface area contributed by atoms with Crippen LogP contribution in [0.15, 0.2) is 54.6 Å². The van der Waals surface area contributed by atoms with Crippen LogP contribution in [0.1, 0.15) is 18.5 Å². The van der Waals surface area contributed by atoms with E-state index in [0.717, 1.165) is 11.0 Å². The van der Waals surface area contributed by atoms with Crippen molar-refractivity contribution in [3.8, 4) is 0 Å². The molecule has 2 aromatic carbocycles. The van der Waals surface area contributed by atoms with Crippen LogP contribution in [-0.4, -0.2) is 20.1 Å². The highest BCUT2D eigenvalue weighted by Crippen LogP contribution is 2.13. The molecule has 1 atom stereocenters. The summed E-state index contributed by atoms with van der Waals surface area (Å²) >= 11 is 5.43. The summed E-state index contributed by atoms with van der Waals surface area (Å²) in [5, 5.41) is 12.0. The van der Waals surface area contributed by atoms with E-state index in [2.05, 4.69) is 34.7 Å². The normalized spacial score (nSPS) is 12.2. The number of fused-ring (bicyclic) bond motifs is 1. The van der Waals surface area contributed by atoms with Crippen molar-refractivity contribution in [2.24, 2.45) is 0 Å². The molecule has 0 aliphatic carbocycles. The Hall–Kier alpha value is -2.27. The molecule has 1 aromatic heterocycles. The average Bonchev–Trinajstić information content (AvgIpc) is 2.92. The van der Waals surface area contributed by atoms with E-state index in [9.17, 15) is 0 Å². The first-order chi connectivity index (χ1) is 9.75. The van der Waals surface area contributed by atoms with E-state index in [1.807, 2.05) is 42.5 Å². The van der Waals surface area contributed by atoms with Crippen molar-refractivity contribution >= 4 is 28.4 Å². The lowest BCUT2D eigenvalue weighted by Gasteiger charge is -2.16. The summed E-state index contributed by atoms with van der Waals surface area (Å²) in [5.41, 5.74) is 2.92. The van der Waals surface area contributed by atoms with Crippen LogP contribution in [0.4, 0.5) is 0 Å². The third kappa shape index (κ3) is 2.40. The van der Waals surface area contributed by atoms with Crippen LogP contribution in [0.3, 0.4) is 0 Å². The van der Waals surface area contributed by atoms with Gasteiger partial charge in [0.25, 0.3) is 0 Å². The molecule has 0 amide bonds. The van der Waals surface area contributed by atoms with Crippen molar-refractivity contribution in [3.63, 3.8) is 0 Å². The van der Waals surface area contributed by atoms with Crippen LogP contribution < -0.4 is 5.32 Å². The first-order valence-corrected chi connectivity index (χ1v) is 6.83. The molecule has 0 aliphatic heterocycles. The highest BCUT2D eigenvalue weighted by Gasteiger charge is 2.11. The van der Waals surface area contributed by atoms with Crippen LogP contribution in [0.2, 0.25) is 0 Å². The largest absolute Gasteiger partial charge is 0.354 e. The Morgan fingerprint density at radius 3 is 2.60 bits per heavy atom. The second-order valence-corrected chi connectivity index (χ2v) is 4.96. The quantitative estimate of drug-likeness (QED) is 0.734. The van der Waals surface area contributed by atoms with Crippen LogP contribution in [-0.2, 0) is 0 Å². The number of hydrogen-bond acceptors (Lipinski definition) is 3. The third-order valence-electron chi connectivity index (χ3n) is 3.18. The average molecular weight is 282 g/mol. The minimum atomic E-state index is 0.117. The van der Waals surface area contributed by atoms with Gasteiger partial charge in [-0.15, -0.1) is 5.10 Å². The van der Waals surface area contributed by atoms with Crippen LogP contribution in [0, 0.1) is 0 Å². The second kappa shape index (κ2) is 5.38. The smallest absolute Gasteiger partial charge is 0.196 e. The maximum atomic E-state index is 5.43. The fraction of sp³-hybridized carbons (Fsp3) is 0.133. The number of para-hydroxylation sites is 1. The summed E-state index contributed by atoms with van der Waals surface area (Å²) in [6.45, 7) is 2.07. The highest BCUT2D eigenvalue weighted by atomic mass is 32.1. The lowest BCUT2D eigenvalue weighted by atomic mass is 10.1. The Labute approximate surface area is 122 Å². The molecule has 0 bridgehead atoms. The van der Waals surface area contributed by atoms with Crippen molar-refractivity contribution in [1.29, 1.82) is 0 Å². The monoisotopic (exact) mass is 282 g/mol. The van der Waals surface area contributed by atoms with E-state index in [1.54, 1.807) is 4.68 Å². The van der Waals surface area contributed by atoms with E-state index >= 15 is 0 Å². The molecule has 1 heterocycles. The number of benzene rings is 2. The lowest BCUT2D eigenvalue weighted by Crippen LogP contribution is -2.31. The van der Waals surface area contributed by atoms with E-state index < -0.39 is 0 Å². The van der Waals surface area contributed by atoms with E-state index in [4.69, 9.17) is 12.2 Å².